The van der Waals surface area contributed by atoms with Gasteiger partial charge in [-0.1, -0.05) is 30.8 Å². The molecule has 0 unspecified atom stereocenters. The van der Waals surface area contributed by atoms with Gasteiger partial charge in [-0.2, -0.15) is 4.37 Å². The van der Waals surface area contributed by atoms with Crippen molar-refractivity contribution >= 4 is 23.3 Å². The Balaban J connectivity index is 2.16. The van der Waals surface area contributed by atoms with Crippen LogP contribution in [-0.4, -0.2) is 28.2 Å². The molecule has 1 rings (SSSR count). The highest BCUT2D eigenvalue weighted by atomic mass is 32.2. The SMILES string of the molecule is C=C(CNCCC)CSc1nc(C)ns1. The molecule has 1 aromatic heterocycles. The Bertz CT molecular complexity index is 309. The van der Waals surface area contributed by atoms with E-state index in [1.165, 1.54) is 17.1 Å². The Morgan fingerprint density at radius 2 is 2.40 bits per heavy atom. The lowest BCUT2D eigenvalue weighted by molar-refractivity contribution is 0.716. The fraction of sp³-hybridized carbons (Fsp3) is 0.600. The van der Waals surface area contributed by atoms with E-state index < -0.39 is 0 Å². The first-order valence-corrected chi connectivity index (χ1v) is 6.78. The summed E-state index contributed by atoms with van der Waals surface area (Å²) in [5.74, 6) is 1.78. The summed E-state index contributed by atoms with van der Waals surface area (Å²) in [5, 5.41) is 3.33. The highest BCUT2D eigenvalue weighted by molar-refractivity contribution is 8.01. The standard InChI is InChI=1S/C10H17N3S2/c1-4-5-11-6-8(2)7-14-10-12-9(3)13-15-10/h11H,2,4-7H2,1,3H3. The van der Waals surface area contributed by atoms with Crippen molar-refractivity contribution in [2.45, 2.75) is 24.6 Å². The number of nitrogens with one attached hydrogen (secondary N) is 1. The zero-order valence-corrected chi connectivity index (χ0v) is 10.9. The van der Waals surface area contributed by atoms with Gasteiger partial charge in [-0.25, -0.2) is 4.98 Å². The molecule has 0 saturated carbocycles. The summed E-state index contributed by atoms with van der Waals surface area (Å²) in [6.45, 7) is 10.1. The molecule has 0 aliphatic carbocycles. The van der Waals surface area contributed by atoms with Gasteiger partial charge in [0.2, 0.25) is 0 Å². The molecule has 0 atom stereocenters. The molecule has 5 heteroatoms. The Hall–Kier alpha value is -0.390. The van der Waals surface area contributed by atoms with Crippen LogP contribution in [0.2, 0.25) is 0 Å². The Kier molecular flexibility index (Phi) is 5.90. The van der Waals surface area contributed by atoms with Crippen LogP contribution >= 0.6 is 23.3 Å². The van der Waals surface area contributed by atoms with Crippen molar-refractivity contribution in [1.82, 2.24) is 14.7 Å². The predicted octanol–water partition coefficient (Wildman–Crippen LogP) is 2.49. The van der Waals surface area contributed by atoms with Crippen LogP contribution in [0.3, 0.4) is 0 Å². The van der Waals surface area contributed by atoms with Crippen molar-refractivity contribution in [3.8, 4) is 0 Å². The van der Waals surface area contributed by atoms with Gasteiger partial charge in [0, 0.05) is 12.3 Å². The molecule has 84 valence electrons. The van der Waals surface area contributed by atoms with Gasteiger partial charge >= 0.3 is 0 Å². The number of aromatic nitrogens is 2. The summed E-state index contributed by atoms with van der Waals surface area (Å²) >= 11 is 3.17. The Morgan fingerprint density at radius 1 is 1.60 bits per heavy atom. The van der Waals surface area contributed by atoms with Crippen molar-refractivity contribution in [2.75, 3.05) is 18.8 Å². The molecule has 0 amide bonds. The van der Waals surface area contributed by atoms with Gasteiger partial charge in [0.05, 0.1) is 0 Å². The highest BCUT2D eigenvalue weighted by Crippen LogP contribution is 2.21. The monoisotopic (exact) mass is 243 g/mol. The van der Waals surface area contributed by atoms with E-state index in [1.54, 1.807) is 11.8 Å². The molecule has 0 aromatic carbocycles. The van der Waals surface area contributed by atoms with Crippen molar-refractivity contribution in [2.24, 2.45) is 0 Å². The van der Waals surface area contributed by atoms with Crippen LogP contribution < -0.4 is 5.32 Å². The first-order chi connectivity index (χ1) is 7.22. The molecule has 1 aromatic rings. The smallest absolute Gasteiger partial charge is 0.170 e. The number of hydrogen-bond acceptors (Lipinski definition) is 5. The first-order valence-electron chi connectivity index (χ1n) is 5.03. The second-order valence-electron chi connectivity index (χ2n) is 3.32. The van der Waals surface area contributed by atoms with Gasteiger partial charge in [0.1, 0.15) is 5.82 Å². The van der Waals surface area contributed by atoms with E-state index >= 15 is 0 Å². The van der Waals surface area contributed by atoms with Crippen molar-refractivity contribution in [1.29, 1.82) is 0 Å². The average molecular weight is 243 g/mol. The normalized spacial score (nSPS) is 10.5. The van der Waals surface area contributed by atoms with Crippen LogP contribution in [0.1, 0.15) is 19.2 Å². The molecule has 0 spiro atoms. The molecule has 0 saturated heterocycles. The summed E-state index contributed by atoms with van der Waals surface area (Å²) in [6.07, 6.45) is 1.16. The Morgan fingerprint density at radius 3 is 3.00 bits per heavy atom. The van der Waals surface area contributed by atoms with E-state index in [-0.39, 0.29) is 0 Å². The maximum absolute atomic E-state index is 4.29. The third-order valence-corrected chi connectivity index (χ3v) is 3.78. The molecule has 0 aliphatic rings. The second-order valence-corrected chi connectivity index (χ2v) is 5.30. The highest BCUT2D eigenvalue weighted by Gasteiger charge is 2.02. The minimum absolute atomic E-state index is 0.859. The lowest BCUT2D eigenvalue weighted by Crippen LogP contribution is -2.18. The van der Waals surface area contributed by atoms with E-state index in [0.29, 0.717) is 0 Å². The lowest BCUT2D eigenvalue weighted by atomic mass is 10.3. The van der Waals surface area contributed by atoms with Crippen molar-refractivity contribution in [3.63, 3.8) is 0 Å². The first kappa shape index (κ1) is 12.7. The van der Waals surface area contributed by atoms with Gasteiger partial charge in [-0.05, 0) is 31.4 Å². The topological polar surface area (TPSA) is 37.8 Å². The molecule has 1 heterocycles. The van der Waals surface area contributed by atoms with Gasteiger partial charge in [-0.15, -0.1) is 0 Å². The van der Waals surface area contributed by atoms with Crippen LogP contribution in [0.15, 0.2) is 16.5 Å². The minimum atomic E-state index is 0.859. The van der Waals surface area contributed by atoms with Crippen LogP contribution in [0.25, 0.3) is 0 Å². The maximum Gasteiger partial charge on any atom is 0.170 e. The van der Waals surface area contributed by atoms with E-state index in [4.69, 9.17) is 0 Å². The van der Waals surface area contributed by atoms with Gasteiger partial charge in [0.15, 0.2) is 4.34 Å². The Labute approximate surface area is 99.6 Å². The summed E-state index contributed by atoms with van der Waals surface area (Å²) in [6, 6.07) is 0. The summed E-state index contributed by atoms with van der Waals surface area (Å²) in [5.41, 5.74) is 1.21. The number of aryl methyl sites for hydroxylation is 1. The van der Waals surface area contributed by atoms with Crippen LogP contribution in [0.4, 0.5) is 0 Å². The van der Waals surface area contributed by atoms with Crippen LogP contribution in [0, 0.1) is 6.92 Å². The molecule has 0 radical (unpaired) electrons. The molecule has 0 fully saturated rings. The zero-order chi connectivity index (χ0) is 11.1. The molecule has 0 bridgehead atoms. The predicted molar refractivity (Wildman–Crippen MR) is 67.7 cm³/mol. The molecular weight excluding hydrogens is 226 g/mol. The van der Waals surface area contributed by atoms with Crippen molar-refractivity contribution in [3.05, 3.63) is 18.0 Å². The van der Waals surface area contributed by atoms with E-state index in [9.17, 15) is 0 Å². The van der Waals surface area contributed by atoms with Gasteiger partial charge in [0.25, 0.3) is 0 Å². The van der Waals surface area contributed by atoms with Gasteiger partial charge < -0.3 is 5.32 Å². The van der Waals surface area contributed by atoms with E-state index in [1.807, 2.05) is 6.92 Å². The molecule has 3 nitrogen and oxygen atoms in total. The number of rotatable bonds is 7. The fourth-order valence-corrected chi connectivity index (χ4v) is 2.54. The third-order valence-electron chi connectivity index (χ3n) is 1.71. The van der Waals surface area contributed by atoms with Crippen LogP contribution in [-0.2, 0) is 0 Å². The summed E-state index contributed by atoms with van der Waals surface area (Å²) in [4.78, 5) is 4.29. The largest absolute Gasteiger partial charge is 0.313 e. The van der Waals surface area contributed by atoms with E-state index in [0.717, 1.165) is 35.4 Å². The minimum Gasteiger partial charge on any atom is -0.313 e. The van der Waals surface area contributed by atoms with Crippen molar-refractivity contribution < 1.29 is 0 Å². The molecular formula is C10H17N3S2. The number of thioether (sulfide) groups is 1. The van der Waals surface area contributed by atoms with Crippen LogP contribution in [0.5, 0.6) is 0 Å². The molecule has 0 aliphatic heterocycles. The maximum atomic E-state index is 4.29. The molecule has 1 N–H and O–H groups in total. The van der Waals surface area contributed by atoms with Gasteiger partial charge in [-0.3, -0.25) is 0 Å². The number of hydrogen-bond donors (Lipinski definition) is 1. The average Bonchev–Trinajstić information content (AvgIpc) is 2.62. The lowest BCUT2D eigenvalue weighted by Gasteiger charge is -2.04. The zero-order valence-electron chi connectivity index (χ0n) is 9.25. The third kappa shape index (κ3) is 5.30. The summed E-state index contributed by atoms with van der Waals surface area (Å²) in [7, 11) is 0. The van der Waals surface area contributed by atoms with E-state index in [2.05, 4.69) is 28.2 Å². The number of nitrogens with zero attached hydrogens (tertiary/aromatic N) is 2. The summed E-state index contributed by atoms with van der Waals surface area (Å²) < 4.78 is 5.17. The fourth-order valence-electron chi connectivity index (χ4n) is 0.993. The second kappa shape index (κ2) is 6.98. The quantitative estimate of drug-likeness (QED) is 0.453. The molecule has 15 heavy (non-hydrogen) atoms.